The van der Waals surface area contributed by atoms with Crippen LogP contribution in [0.25, 0.3) is 0 Å². The molecule has 3 atom stereocenters. The molecule has 0 aromatic heterocycles. The number of hydrogen-bond acceptors (Lipinski definition) is 5. The van der Waals surface area contributed by atoms with Gasteiger partial charge in [0.1, 0.15) is 12.2 Å². The molecule has 0 unspecified atom stereocenters. The highest BCUT2D eigenvalue weighted by atomic mass is 16.5. The summed E-state index contributed by atoms with van der Waals surface area (Å²) >= 11 is 0. The zero-order valence-corrected chi connectivity index (χ0v) is 11.6. The van der Waals surface area contributed by atoms with E-state index >= 15 is 0 Å². The van der Waals surface area contributed by atoms with Crippen molar-refractivity contribution in [2.24, 2.45) is 5.73 Å². The summed E-state index contributed by atoms with van der Waals surface area (Å²) in [5.74, 6) is -0.842. The van der Waals surface area contributed by atoms with Gasteiger partial charge in [-0.3, -0.25) is 4.79 Å². The van der Waals surface area contributed by atoms with E-state index in [1.165, 1.54) is 19.3 Å². The van der Waals surface area contributed by atoms with Crippen molar-refractivity contribution in [2.75, 3.05) is 13.2 Å². The number of unbranched alkanes of at least 4 members (excludes halogenated alkanes) is 5. The molecule has 0 rings (SSSR count). The van der Waals surface area contributed by atoms with E-state index in [2.05, 4.69) is 6.92 Å². The topological polar surface area (TPSA) is 113 Å². The summed E-state index contributed by atoms with van der Waals surface area (Å²) in [6, 6.07) is 0. The van der Waals surface area contributed by atoms with Crippen molar-refractivity contribution in [3.8, 4) is 0 Å². The maximum atomic E-state index is 11.1. The van der Waals surface area contributed by atoms with Crippen LogP contribution in [-0.2, 0) is 9.53 Å². The monoisotopic (exact) mass is 277 g/mol. The van der Waals surface area contributed by atoms with Crippen molar-refractivity contribution in [2.45, 2.75) is 63.8 Å². The number of carbonyl (C=O) groups excluding carboxylic acids is 1. The molecule has 0 radical (unpaired) electrons. The molecule has 0 aliphatic heterocycles. The molecular weight excluding hydrogens is 250 g/mol. The normalized spacial score (nSPS) is 16.0. The minimum Gasteiger partial charge on any atom is -0.394 e. The van der Waals surface area contributed by atoms with Gasteiger partial charge < -0.3 is 25.8 Å². The Hall–Kier alpha value is -0.690. The molecule has 114 valence electrons. The molecule has 0 saturated heterocycles. The molecule has 6 heteroatoms. The first-order chi connectivity index (χ1) is 9.04. The lowest BCUT2D eigenvalue weighted by atomic mass is 10.1. The van der Waals surface area contributed by atoms with Crippen LogP contribution in [0.3, 0.4) is 0 Å². The Kier molecular flexibility index (Phi) is 10.8. The van der Waals surface area contributed by atoms with E-state index in [4.69, 9.17) is 15.6 Å². The van der Waals surface area contributed by atoms with E-state index < -0.39 is 30.8 Å². The zero-order valence-electron chi connectivity index (χ0n) is 11.6. The van der Waals surface area contributed by atoms with Gasteiger partial charge in [0.05, 0.1) is 6.61 Å². The fourth-order valence-electron chi connectivity index (χ4n) is 1.75. The van der Waals surface area contributed by atoms with Gasteiger partial charge in [0, 0.05) is 6.61 Å². The molecule has 0 spiro atoms. The average Bonchev–Trinajstić information content (AvgIpc) is 2.39. The first-order valence-corrected chi connectivity index (χ1v) is 6.92. The Labute approximate surface area is 114 Å². The van der Waals surface area contributed by atoms with Crippen LogP contribution in [0, 0.1) is 0 Å². The van der Waals surface area contributed by atoms with Crippen molar-refractivity contribution < 1.29 is 24.9 Å². The molecule has 19 heavy (non-hydrogen) atoms. The number of carbonyl (C=O) groups is 1. The first kappa shape index (κ1) is 18.3. The maximum absolute atomic E-state index is 11.1. The predicted molar refractivity (Wildman–Crippen MR) is 71.4 cm³/mol. The Balaban J connectivity index is 3.87. The van der Waals surface area contributed by atoms with Crippen LogP contribution in [0.15, 0.2) is 0 Å². The van der Waals surface area contributed by atoms with Crippen LogP contribution in [0.4, 0.5) is 0 Å². The number of aliphatic hydroxyl groups excluding tert-OH is 3. The standard InChI is InChI=1S/C13H27NO5/c1-2-3-4-5-6-7-8-19-12(13(14)18)11(17)10(16)9-15/h10-12,15-17H,2-9H2,1H3,(H2,14,18)/t10-,11-,12-/m1/s1. The Morgan fingerprint density at radius 1 is 1.16 bits per heavy atom. The lowest BCUT2D eigenvalue weighted by Crippen LogP contribution is -2.48. The molecule has 5 N–H and O–H groups in total. The lowest BCUT2D eigenvalue weighted by molar-refractivity contribution is -0.147. The van der Waals surface area contributed by atoms with Gasteiger partial charge in [0.2, 0.25) is 5.91 Å². The Bertz CT molecular complexity index is 237. The van der Waals surface area contributed by atoms with Crippen LogP contribution in [0.2, 0.25) is 0 Å². The van der Waals surface area contributed by atoms with Crippen molar-refractivity contribution in [3.63, 3.8) is 0 Å². The first-order valence-electron chi connectivity index (χ1n) is 6.92. The van der Waals surface area contributed by atoms with Crippen LogP contribution in [0.5, 0.6) is 0 Å². The molecular formula is C13H27NO5. The molecule has 0 bridgehead atoms. The van der Waals surface area contributed by atoms with Crippen LogP contribution >= 0.6 is 0 Å². The summed E-state index contributed by atoms with van der Waals surface area (Å²) in [5, 5.41) is 27.6. The molecule has 0 heterocycles. The van der Waals surface area contributed by atoms with E-state index in [0.717, 1.165) is 19.3 Å². The largest absolute Gasteiger partial charge is 0.394 e. The van der Waals surface area contributed by atoms with Gasteiger partial charge >= 0.3 is 0 Å². The molecule has 0 fully saturated rings. The predicted octanol–water partition coefficient (Wildman–Crippen LogP) is -0.0685. The summed E-state index contributed by atoms with van der Waals surface area (Å²) in [4.78, 5) is 11.1. The lowest BCUT2D eigenvalue weighted by Gasteiger charge is -2.23. The number of ether oxygens (including phenoxy) is 1. The van der Waals surface area contributed by atoms with Gasteiger partial charge in [-0.25, -0.2) is 0 Å². The van der Waals surface area contributed by atoms with Crippen molar-refractivity contribution in [1.29, 1.82) is 0 Å². The third kappa shape index (κ3) is 8.15. The number of primary amides is 1. The number of amides is 1. The SMILES string of the molecule is CCCCCCCCO[C@@H](C(N)=O)[C@H](O)[C@H](O)CO. The number of aliphatic hydroxyl groups is 3. The minimum absolute atomic E-state index is 0.301. The fraction of sp³-hybridized carbons (Fsp3) is 0.923. The third-order valence-corrected chi connectivity index (χ3v) is 2.97. The fourth-order valence-corrected chi connectivity index (χ4v) is 1.75. The van der Waals surface area contributed by atoms with Crippen molar-refractivity contribution >= 4 is 5.91 Å². The van der Waals surface area contributed by atoms with Gasteiger partial charge in [0.25, 0.3) is 0 Å². The summed E-state index contributed by atoms with van der Waals surface area (Å²) in [7, 11) is 0. The number of hydrogen-bond donors (Lipinski definition) is 4. The van der Waals surface area contributed by atoms with E-state index in [-0.39, 0.29) is 0 Å². The van der Waals surface area contributed by atoms with Crippen LogP contribution < -0.4 is 5.73 Å². The van der Waals surface area contributed by atoms with Crippen molar-refractivity contribution in [1.82, 2.24) is 0 Å². The van der Waals surface area contributed by atoms with Crippen LogP contribution in [-0.4, -0.2) is 52.8 Å². The molecule has 0 aliphatic carbocycles. The average molecular weight is 277 g/mol. The molecule has 0 aromatic carbocycles. The number of nitrogens with two attached hydrogens (primary N) is 1. The van der Waals surface area contributed by atoms with Gasteiger partial charge in [-0.2, -0.15) is 0 Å². The minimum atomic E-state index is -1.50. The summed E-state index contributed by atoms with van der Waals surface area (Å²) < 4.78 is 5.20. The zero-order chi connectivity index (χ0) is 14.7. The molecule has 0 aliphatic rings. The Morgan fingerprint density at radius 2 is 1.74 bits per heavy atom. The number of rotatable bonds is 12. The smallest absolute Gasteiger partial charge is 0.249 e. The highest BCUT2D eigenvalue weighted by Crippen LogP contribution is 2.08. The Morgan fingerprint density at radius 3 is 2.26 bits per heavy atom. The molecule has 0 saturated carbocycles. The van der Waals surface area contributed by atoms with E-state index in [9.17, 15) is 15.0 Å². The second kappa shape index (κ2) is 11.2. The highest BCUT2D eigenvalue weighted by molar-refractivity contribution is 5.79. The quantitative estimate of drug-likeness (QED) is 0.373. The van der Waals surface area contributed by atoms with E-state index in [1.54, 1.807) is 0 Å². The molecule has 0 aromatic rings. The van der Waals surface area contributed by atoms with Gasteiger partial charge in [-0.15, -0.1) is 0 Å². The van der Waals surface area contributed by atoms with E-state index in [1.807, 2.05) is 0 Å². The van der Waals surface area contributed by atoms with Gasteiger partial charge in [0.15, 0.2) is 6.10 Å². The highest BCUT2D eigenvalue weighted by Gasteiger charge is 2.30. The summed E-state index contributed by atoms with van der Waals surface area (Å²) in [6.07, 6.45) is 2.25. The summed E-state index contributed by atoms with van der Waals surface area (Å²) in [6.45, 7) is 1.80. The third-order valence-electron chi connectivity index (χ3n) is 2.97. The van der Waals surface area contributed by atoms with Crippen LogP contribution in [0.1, 0.15) is 45.4 Å². The second-order valence-corrected chi connectivity index (χ2v) is 4.70. The molecule has 1 amide bonds. The van der Waals surface area contributed by atoms with Gasteiger partial charge in [-0.1, -0.05) is 39.0 Å². The maximum Gasteiger partial charge on any atom is 0.249 e. The van der Waals surface area contributed by atoms with E-state index in [0.29, 0.717) is 6.61 Å². The second-order valence-electron chi connectivity index (χ2n) is 4.70. The molecule has 6 nitrogen and oxygen atoms in total. The van der Waals surface area contributed by atoms with Gasteiger partial charge in [-0.05, 0) is 6.42 Å². The summed E-state index contributed by atoms with van der Waals surface area (Å²) in [5.41, 5.74) is 5.09. The van der Waals surface area contributed by atoms with Crippen molar-refractivity contribution in [3.05, 3.63) is 0 Å².